The smallest absolute Gasteiger partial charge is 0.407 e. The molecule has 1 aliphatic carbocycles. The lowest BCUT2D eigenvalue weighted by molar-refractivity contribution is 0.144. The van der Waals surface area contributed by atoms with Gasteiger partial charge in [-0.15, -0.1) is 11.3 Å². The molecule has 0 unspecified atom stereocenters. The number of alkyl carbamates (subject to hydrolysis) is 1. The minimum absolute atomic E-state index is 0.0522. The Labute approximate surface area is 202 Å². The maximum Gasteiger partial charge on any atom is 0.407 e. The highest BCUT2D eigenvalue weighted by atomic mass is 32.1. The van der Waals surface area contributed by atoms with Crippen LogP contribution in [0.4, 0.5) is 4.79 Å². The van der Waals surface area contributed by atoms with Gasteiger partial charge in [-0.1, -0.05) is 78.6 Å². The van der Waals surface area contributed by atoms with Crippen molar-refractivity contribution >= 4 is 37.6 Å². The predicted molar refractivity (Wildman–Crippen MR) is 139 cm³/mol. The fourth-order valence-electron chi connectivity index (χ4n) is 4.72. The van der Waals surface area contributed by atoms with Crippen LogP contribution in [-0.4, -0.2) is 19.2 Å². The summed E-state index contributed by atoms with van der Waals surface area (Å²) in [6.07, 6.45) is -0.449. The van der Waals surface area contributed by atoms with Crippen molar-refractivity contribution < 1.29 is 9.53 Å². The van der Waals surface area contributed by atoms with Gasteiger partial charge < -0.3 is 10.1 Å². The Morgan fingerprint density at radius 2 is 1.50 bits per heavy atom. The third kappa shape index (κ3) is 3.71. The van der Waals surface area contributed by atoms with Crippen LogP contribution in [0.3, 0.4) is 0 Å². The monoisotopic (exact) mass is 459 g/mol. The van der Waals surface area contributed by atoms with Crippen molar-refractivity contribution in [1.29, 1.82) is 0 Å². The summed E-state index contributed by atoms with van der Waals surface area (Å²) >= 11 is 1.79. The highest BCUT2D eigenvalue weighted by Crippen LogP contribution is 2.44. The molecular weight excluding hydrogens is 438 g/mol. The maximum absolute atomic E-state index is 12.3. The molecular formula is C30H21NO2S. The molecule has 5 aromatic rings. The van der Waals surface area contributed by atoms with Crippen LogP contribution in [0.15, 0.2) is 91.0 Å². The van der Waals surface area contributed by atoms with E-state index in [1.54, 1.807) is 11.3 Å². The van der Waals surface area contributed by atoms with Crippen LogP contribution in [0.25, 0.3) is 31.3 Å². The lowest BCUT2D eigenvalue weighted by atomic mass is 9.98. The van der Waals surface area contributed by atoms with Crippen molar-refractivity contribution in [1.82, 2.24) is 5.32 Å². The molecule has 1 aliphatic rings. The van der Waals surface area contributed by atoms with E-state index in [1.807, 2.05) is 30.3 Å². The second kappa shape index (κ2) is 8.70. The molecule has 0 spiro atoms. The first kappa shape index (κ1) is 20.5. The van der Waals surface area contributed by atoms with Crippen LogP contribution in [0.5, 0.6) is 0 Å². The van der Waals surface area contributed by atoms with Crippen molar-refractivity contribution in [3.8, 4) is 23.0 Å². The van der Waals surface area contributed by atoms with E-state index in [1.165, 1.54) is 42.4 Å². The van der Waals surface area contributed by atoms with Crippen molar-refractivity contribution in [2.75, 3.05) is 13.2 Å². The highest BCUT2D eigenvalue weighted by Gasteiger charge is 2.28. The Kier molecular flexibility index (Phi) is 5.25. The minimum atomic E-state index is -0.449. The largest absolute Gasteiger partial charge is 0.449 e. The lowest BCUT2D eigenvalue weighted by Crippen LogP contribution is -2.26. The third-order valence-corrected chi connectivity index (χ3v) is 7.43. The first-order valence-electron chi connectivity index (χ1n) is 11.3. The fraction of sp³-hybridized carbons (Fsp3) is 0.100. The van der Waals surface area contributed by atoms with Gasteiger partial charge in [0.2, 0.25) is 0 Å². The molecule has 1 amide bonds. The summed E-state index contributed by atoms with van der Waals surface area (Å²) in [5.74, 6) is 6.24. The number of carbonyl (C=O) groups excluding carboxylic acids is 1. The number of nitrogens with one attached hydrogen (secondary N) is 1. The second-order valence-electron chi connectivity index (χ2n) is 8.29. The molecule has 6 rings (SSSR count). The number of thiophene rings is 1. The van der Waals surface area contributed by atoms with E-state index in [-0.39, 0.29) is 12.5 Å². The van der Waals surface area contributed by atoms with Crippen LogP contribution in [0.1, 0.15) is 22.6 Å². The number of fused-ring (bicyclic) bond motifs is 6. The van der Waals surface area contributed by atoms with Gasteiger partial charge in [0, 0.05) is 31.7 Å². The normalized spacial score (nSPS) is 12.1. The van der Waals surface area contributed by atoms with Crippen LogP contribution in [0.2, 0.25) is 0 Å². The molecule has 1 heterocycles. The summed E-state index contributed by atoms with van der Waals surface area (Å²) in [7, 11) is 0. The Morgan fingerprint density at radius 1 is 0.824 bits per heavy atom. The quantitative estimate of drug-likeness (QED) is 0.297. The number of ether oxygens (including phenoxy) is 1. The number of hydrogen-bond acceptors (Lipinski definition) is 3. The molecule has 4 heteroatoms. The van der Waals surface area contributed by atoms with E-state index >= 15 is 0 Å². The van der Waals surface area contributed by atoms with Gasteiger partial charge in [-0.25, -0.2) is 4.79 Å². The topological polar surface area (TPSA) is 38.3 Å². The van der Waals surface area contributed by atoms with Crippen LogP contribution >= 0.6 is 11.3 Å². The SMILES string of the molecule is O=C(NCC#Cc1ccc2sc3ccccc3c2c1)OCC1c2ccccc2-c2ccccc21. The highest BCUT2D eigenvalue weighted by molar-refractivity contribution is 7.25. The number of hydrogen-bond donors (Lipinski definition) is 1. The van der Waals surface area contributed by atoms with Crippen molar-refractivity contribution in [2.24, 2.45) is 0 Å². The Balaban J connectivity index is 1.09. The molecule has 1 N–H and O–H groups in total. The van der Waals surface area contributed by atoms with Gasteiger partial charge in [0.05, 0.1) is 6.54 Å². The number of amides is 1. The summed E-state index contributed by atoms with van der Waals surface area (Å²) in [6, 6.07) is 31.3. The molecule has 34 heavy (non-hydrogen) atoms. The standard InChI is InChI=1S/C30H21NO2S/c32-30(33-19-27-23-11-3-1-9-21(23)22-10-2-4-12-24(22)27)31-17-7-8-20-15-16-29-26(18-20)25-13-5-6-14-28(25)34-29/h1-6,9-16,18,27H,17,19H2,(H,31,32). The Hall–Kier alpha value is -4.07. The van der Waals surface area contributed by atoms with Gasteiger partial charge in [0.1, 0.15) is 6.61 Å². The molecule has 0 fully saturated rings. The van der Waals surface area contributed by atoms with E-state index in [9.17, 15) is 4.79 Å². The number of carbonyl (C=O) groups is 1. The average Bonchev–Trinajstić information content (AvgIpc) is 3.41. The molecule has 0 aliphatic heterocycles. The first-order chi connectivity index (χ1) is 16.8. The van der Waals surface area contributed by atoms with Crippen LogP contribution in [-0.2, 0) is 4.74 Å². The number of benzene rings is 4. The lowest BCUT2D eigenvalue weighted by Gasteiger charge is -2.14. The van der Waals surface area contributed by atoms with Gasteiger partial charge in [0.25, 0.3) is 0 Å². The molecule has 1 aromatic heterocycles. The van der Waals surface area contributed by atoms with E-state index in [0.717, 1.165) is 5.56 Å². The van der Waals surface area contributed by atoms with E-state index < -0.39 is 6.09 Å². The van der Waals surface area contributed by atoms with Crippen LogP contribution in [0, 0.1) is 11.8 Å². The molecule has 0 radical (unpaired) electrons. The summed E-state index contributed by atoms with van der Waals surface area (Å²) < 4.78 is 8.10. The molecule has 4 aromatic carbocycles. The van der Waals surface area contributed by atoms with Crippen LogP contribution < -0.4 is 5.32 Å². The molecule has 3 nitrogen and oxygen atoms in total. The zero-order valence-electron chi connectivity index (χ0n) is 18.4. The predicted octanol–water partition coefficient (Wildman–Crippen LogP) is 6.94. The minimum Gasteiger partial charge on any atom is -0.449 e. The van der Waals surface area contributed by atoms with Gasteiger partial charge in [0.15, 0.2) is 0 Å². The second-order valence-corrected chi connectivity index (χ2v) is 9.37. The van der Waals surface area contributed by atoms with E-state index in [0.29, 0.717) is 6.61 Å². The summed E-state index contributed by atoms with van der Waals surface area (Å²) in [5.41, 5.74) is 5.77. The van der Waals surface area contributed by atoms with Crippen molar-refractivity contribution in [3.63, 3.8) is 0 Å². The Morgan fingerprint density at radius 3 is 2.29 bits per heavy atom. The van der Waals surface area contributed by atoms with Gasteiger partial charge in [-0.2, -0.15) is 0 Å². The maximum atomic E-state index is 12.3. The average molecular weight is 460 g/mol. The van der Waals surface area contributed by atoms with Crippen molar-refractivity contribution in [2.45, 2.75) is 5.92 Å². The fourth-order valence-corrected chi connectivity index (χ4v) is 5.80. The summed E-state index contributed by atoms with van der Waals surface area (Å²) in [4.78, 5) is 12.3. The van der Waals surface area contributed by atoms with E-state index in [2.05, 4.69) is 77.8 Å². The molecule has 0 bridgehead atoms. The summed E-state index contributed by atoms with van der Waals surface area (Å²) in [5, 5.41) is 5.23. The molecule has 0 atom stereocenters. The zero-order chi connectivity index (χ0) is 22.9. The molecule has 164 valence electrons. The van der Waals surface area contributed by atoms with Gasteiger partial charge >= 0.3 is 6.09 Å². The molecule has 0 saturated carbocycles. The van der Waals surface area contributed by atoms with Gasteiger partial charge in [-0.05, 0) is 46.5 Å². The van der Waals surface area contributed by atoms with Gasteiger partial charge in [-0.3, -0.25) is 0 Å². The van der Waals surface area contributed by atoms with E-state index in [4.69, 9.17) is 4.74 Å². The molecule has 0 saturated heterocycles. The summed E-state index contributed by atoms with van der Waals surface area (Å²) in [6.45, 7) is 0.536. The third-order valence-electron chi connectivity index (χ3n) is 6.27. The Bertz CT molecular complexity index is 1560. The first-order valence-corrected chi connectivity index (χ1v) is 12.1. The number of rotatable bonds is 3. The van der Waals surface area contributed by atoms with Crippen molar-refractivity contribution in [3.05, 3.63) is 108 Å². The zero-order valence-corrected chi connectivity index (χ0v) is 19.2.